The van der Waals surface area contributed by atoms with Crippen LogP contribution >= 0.6 is 0 Å². The molecule has 3 rings (SSSR count). The number of aryl methyl sites for hydroxylation is 1. The molecule has 2 aromatic carbocycles. The van der Waals surface area contributed by atoms with Crippen molar-refractivity contribution >= 4 is 5.91 Å². The first-order valence-corrected chi connectivity index (χ1v) is 9.64. The Labute approximate surface area is 181 Å². The summed E-state index contributed by atoms with van der Waals surface area (Å²) in [5, 5.41) is 24.3. The van der Waals surface area contributed by atoms with Crippen molar-refractivity contribution in [1.29, 1.82) is 0 Å². The number of benzene rings is 2. The summed E-state index contributed by atoms with van der Waals surface area (Å²) in [7, 11) is 0. The number of aliphatic hydroxyl groups excluding tert-OH is 1. The molecule has 2 atom stereocenters. The Morgan fingerprint density at radius 3 is 2.41 bits per heavy atom. The molecule has 0 aliphatic heterocycles. The van der Waals surface area contributed by atoms with Gasteiger partial charge in [0.05, 0.1) is 6.04 Å². The zero-order chi connectivity index (χ0) is 23.6. The summed E-state index contributed by atoms with van der Waals surface area (Å²) in [5.41, 5.74) is 0.453. The Balaban J connectivity index is 1.99. The maximum absolute atomic E-state index is 14.3. The molecular formula is C23H20F4N2O3. The molecule has 0 saturated carbocycles. The molecule has 0 fully saturated rings. The van der Waals surface area contributed by atoms with Gasteiger partial charge in [-0.25, -0.2) is 17.6 Å². The van der Waals surface area contributed by atoms with Crippen LogP contribution in [0.15, 0.2) is 54.7 Å². The Morgan fingerprint density at radius 2 is 1.78 bits per heavy atom. The van der Waals surface area contributed by atoms with Crippen LogP contribution in [-0.4, -0.2) is 17.4 Å². The lowest BCUT2D eigenvalue weighted by atomic mass is 9.96. The minimum Gasteiger partial charge on any atom is -0.618 e. The topological polar surface area (TPSA) is 76.3 Å². The first-order chi connectivity index (χ1) is 15.1. The van der Waals surface area contributed by atoms with Gasteiger partial charge in [-0.2, -0.15) is 4.73 Å². The number of aliphatic hydroxyl groups is 1. The first-order valence-electron chi connectivity index (χ1n) is 9.64. The molecule has 3 aromatic rings. The van der Waals surface area contributed by atoms with Crippen LogP contribution in [0.4, 0.5) is 17.6 Å². The highest BCUT2D eigenvalue weighted by Gasteiger charge is 2.23. The third kappa shape index (κ3) is 5.05. The molecule has 0 aliphatic rings. The molecule has 1 heterocycles. The van der Waals surface area contributed by atoms with Gasteiger partial charge in [-0.05, 0) is 54.4 Å². The fraction of sp³-hybridized carbons (Fsp3) is 0.217. The monoisotopic (exact) mass is 448 g/mol. The number of nitrogens with zero attached hydrogens (tertiary/aromatic N) is 1. The van der Waals surface area contributed by atoms with Crippen LogP contribution < -0.4 is 10.0 Å². The number of alkyl halides is 2. The van der Waals surface area contributed by atoms with Gasteiger partial charge < -0.3 is 15.6 Å². The van der Waals surface area contributed by atoms with Crippen molar-refractivity contribution in [2.45, 2.75) is 32.4 Å². The Hall–Kier alpha value is -3.46. The first kappa shape index (κ1) is 23.2. The van der Waals surface area contributed by atoms with E-state index < -0.39 is 36.1 Å². The van der Waals surface area contributed by atoms with E-state index >= 15 is 0 Å². The van der Waals surface area contributed by atoms with Gasteiger partial charge in [-0.15, -0.1) is 0 Å². The van der Waals surface area contributed by atoms with Crippen molar-refractivity contribution in [3.8, 4) is 11.1 Å². The maximum Gasteiger partial charge on any atom is 0.268 e. The summed E-state index contributed by atoms with van der Waals surface area (Å²) in [5.74, 6) is -2.47. The summed E-state index contributed by atoms with van der Waals surface area (Å²) >= 11 is 0. The molecule has 1 aromatic heterocycles. The lowest BCUT2D eigenvalue weighted by Gasteiger charge is -2.17. The highest BCUT2D eigenvalue weighted by Crippen LogP contribution is 2.30. The number of nitrogens with one attached hydrogen (secondary N) is 1. The van der Waals surface area contributed by atoms with Crippen molar-refractivity contribution in [2.24, 2.45) is 0 Å². The van der Waals surface area contributed by atoms with E-state index in [4.69, 9.17) is 0 Å². The van der Waals surface area contributed by atoms with Gasteiger partial charge in [0.15, 0.2) is 11.9 Å². The van der Waals surface area contributed by atoms with Crippen molar-refractivity contribution in [3.63, 3.8) is 0 Å². The summed E-state index contributed by atoms with van der Waals surface area (Å²) in [6.07, 6.45) is -4.05. The van der Waals surface area contributed by atoms with Crippen LogP contribution in [0.2, 0.25) is 0 Å². The molecule has 0 radical (unpaired) electrons. The highest BCUT2D eigenvalue weighted by atomic mass is 19.3. The van der Waals surface area contributed by atoms with Crippen LogP contribution in [0, 0.1) is 23.8 Å². The number of carbonyl (C=O) groups excluding carboxylic acids is 1. The van der Waals surface area contributed by atoms with E-state index in [1.807, 2.05) is 0 Å². The molecular weight excluding hydrogens is 428 g/mol. The largest absolute Gasteiger partial charge is 0.618 e. The summed E-state index contributed by atoms with van der Waals surface area (Å²) < 4.78 is 54.4. The average molecular weight is 448 g/mol. The molecule has 32 heavy (non-hydrogen) atoms. The number of carbonyl (C=O) groups is 1. The molecule has 0 bridgehead atoms. The van der Waals surface area contributed by atoms with Gasteiger partial charge >= 0.3 is 0 Å². The maximum atomic E-state index is 14.3. The number of rotatable bonds is 6. The number of pyridine rings is 1. The second-order valence-electron chi connectivity index (χ2n) is 7.37. The zero-order valence-corrected chi connectivity index (χ0v) is 17.2. The van der Waals surface area contributed by atoms with E-state index in [1.54, 1.807) is 26.0 Å². The van der Waals surface area contributed by atoms with Crippen molar-refractivity contribution in [2.75, 3.05) is 0 Å². The number of hydrogen-bond donors (Lipinski definition) is 2. The minimum absolute atomic E-state index is 0.0187. The standard InChI is InChI=1S/C23H20F4N2O3/c1-12-3-4-14(11-29(12)32)13(2)28-23(31)17-8-15(7-16(9-17)21(30)22(26)27)19-6-5-18(24)10-20(19)25/h3-11,13,21-22,30H,1-2H3,(H,28,31)/t13-,21?/m1/s1. The smallest absolute Gasteiger partial charge is 0.268 e. The van der Waals surface area contributed by atoms with Gasteiger partial charge in [-0.3, -0.25) is 4.79 Å². The number of halogens is 4. The molecule has 168 valence electrons. The SMILES string of the molecule is Cc1ccc([C@@H](C)NC(=O)c2cc(-c3ccc(F)cc3F)cc(C(O)C(F)F)c2)c[n+]1[O-]. The van der Waals surface area contributed by atoms with Gasteiger partial charge in [-0.1, -0.05) is 0 Å². The molecule has 1 amide bonds. The molecule has 0 saturated heterocycles. The third-order valence-corrected chi connectivity index (χ3v) is 5.02. The zero-order valence-electron chi connectivity index (χ0n) is 17.2. The summed E-state index contributed by atoms with van der Waals surface area (Å²) in [6, 6.07) is 8.81. The fourth-order valence-corrected chi connectivity index (χ4v) is 3.17. The molecule has 0 aliphatic carbocycles. The normalized spacial score (nSPS) is 13.1. The van der Waals surface area contributed by atoms with E-state index in [9.17, 15) is 32.7 Å². The van der Waals surface area contributed by atoms with Crippen molar-refractivity contribution in [3.05, 3.63) is 94.0 Å². The van der Waals surface area contributed by atoms with Crippen LogP contribution in [-0.2, 0) is 0 Å². The van der Waals surface area contributed by atoms with Gasteiger partial charge in [0.1, 0.15) is 17.7 Å². The van der Waals surface area contributed by atoms with E-state index in [0.29, 0.717) is 22.1 Å². The number of aromatic nitrogens is 1. The Kier molecular flexibility index (Phi) is 6.78. The fourth-order valence-electron chi connectivity index (χ4n) is 3.17. The predicted octanol–water partition coefficient (Wildman–Crippen LogP) is 4.36. The Morgan fingerprint density at radius 1 is 1.06 bits per heavy atom. The molecule has 5 nitrogen and oxygen atoms in total. The van der Waals surface area contributed by atoms with Crippen LogP contribution in [0.3, 0.4) is 0 Å². The molecule has 1 unspecified atom stereocenters. The lowest BCUT2D eigenvalue weighted by Crippen LogP contribution is -2.33. The van der Waals surface area contributed by atoms with Gasteiger partial charge in [0, 0.05) is 35.7 Å². The number of hydrogen-bond acceptors (Lipinski definition) is 3. The van der Waals surface area contributed by atoms with Crippen molar-refractivity contribution < 1.29 is 32.2 Å². The van der Waals surface area contributed by atoms with E-state index in [1.165, 1.54) is 12.3 Å². The molecule has 9 heteroatoms. The lowest BCUT2D eigenvalue weighted by molar-refractivity contribution is -0.612. The van der Waals surface area contributed by atoms with E-state index in [-0.39, 0.29) is 22.3 Å². The highest BCUT2D eigenvalue weighted by molar-refractivity contribution is 5.96. The second kappa shape index (κ2) is 9.35. The van der Waals surface area contributed by atoms with Crippen molar-refractivity contribution in [1.82, 2.24) is 5.32 Å². The van der Waals surface area contributed by atoms with E-state index in [0.717, 1.165) is 24.3 Å². The molecule has 0 spiro atoms. The predicted molar refractivity (Wildman–Crippen MR) is 109 cm³/mol. The molecule has 2 N–H and O–H groups in total. The Bertz CT molecular complexity index is 1150. The average Bonchev–Trinajstić information content (AvgIpc) is 2.74. The summed E-state index contributed by atoms with van der Waals surface area (Å²) in [4.78, 5) is 12.8. The van der Waals surface area contributed by atoms with Gasteiger partial charge in [0.2, 0.25) is 0 Å². The van der Waals surface area contributed by atoms with Crippen LogP contribution in [0.25, 0.3) is 11.1 Å². The third-order valence-electron chi connectivity index (χ3n) is 5.02. The quantitative estimate of drug-likeness (QED) is 0.334. The van der Waals surface area contributed by atoms with Gasteiger partial charge in [0.25, 0.3) is 12.3 Å². The minimum atomic E-state index is -3.14. The van der Waals surface area contributed by atoms with E-state index in [2.05, 4.69) is 5.32 Å². The summed E-state index contributed by atoms with van der Waals surface area (Å²) in [6.45, 7) is 3.25. The van der Waals surface area contributed by atoms with Crippen LogP contribution in [0.1, 0.15) is 46.2 Å². The second-order valence-corrected chi connectivity index (χ2v) is 7.37. The number of amides is 1. The van der Waals surface area contributed by atoms with Crippen LogP contribution in [0.5, 0.6) is 0 Å².